The van der Waals surface area contributed by atoms with E-state index < -0.39 is 0 Å². The van der Waals surface area contributed by atoms with E-state index in [4.69, 9.17) is 14.2 Å². The summed E-state index contributed by atoms with van der Waals surface area (Å²) in [5.41, 5.74) is 0.742. The van der Waals surface area contributed by atoms with E-state index >= 15 is 0 Å². The highest BCUT2D eigenvalue weighted by Crippen LogP contribution is 2.34. The molecule has 2 N–H and O–H groups in total. The third kappa shape index (κ3) is 4.67. The van der Waals surface area contributed by atoms with Crippen molar-refractivity contribution in [3.8, 4) is 5.75 Å². The molecule has 1 aliphatic carbocycles. The van der Waals surface area contributed by atoms with Gasteiger partial charge in [-0.15, -0.1) is 5.10 Å². The number of rotatable bonds is 6. The van der Waals surface area contributed by atoms with E-state index in [1.54, 1.807) is 4.68 Å². The molecule has 0 bridgehead atoms. The van der Waals surface area contributed by atoms with Crippen LogP contribution in [0, 0.1) is 0 Å². The molecule has 5 rings (SSSR count). The first kappa shape index (κ1) is 20.3. The van der Waals surface area contributed by atoms with Crippen LogP contribution in [0.1, 0.15) is 43.8 Å². The Morgan fingerprint density at radius 3 is 2.71 bits per heavy atom. The Hall–Kier alpha value is -2.65. The van der Waals surface area contributed by atoms with Crippen LogP contribution in [0.3, 0.4) is 0 Å². The molecule has 9 heteroatoms. The Labute approximate surface area is 181 Å². The van der Waals surface area contributed by atoms with Crippen LogP contribution in [-0.2, 0) is 16.1 Å². The molecular weight excluding hydrogens is 398 g/mol. The summed E-state index contributed by atoms with van der Waals surface area (Å²) in [6.45, 7) is 1.25. The molecule has 4 atom stereocenters. The normalized spacial score (nSPS) is 28.3. The van der Waals surface area contributed by atoms with E-state index in [2.05, 4.69) is 20.9 Å². The summed E-state index contributed by atoms with van der Waals surface area (Å²) in [5.74, 6) is 0.792. The molecule has 3 fully saturated rings. The smallest absolute Gasteiger partial charge is 0.315 e. The summed E-state index contributed by atoms with van der Waals surface area (Å²) in [7, 11) is 0. The summed E-state index contributed by atoms with van der Waals surface area (Å²) < 4.78 is 19.5. The van der Waals surface area contributed by atoms with Gasteiger partial charge in [-0.25, -0.2) is 9.48 Å². The number of benzene rings is 1. The minimum Gasteiger partial charge on any atom is -0.487 e. The third-order valence-electron chi connectivity index (χ3n) is 6.31. The van der Waals surface area contributed by atoms with Crippen molar-refractivity contribution >= 4 is 6.03 Å². The van der Waals surface area contributed by atoms with E-state index in [1.807, 2.05) is 36.5 Å². The van der Waals surface area contributed by atoms with Crippen molar-refractivity contribution in [1.82, 2.24) is 25.6 Å². The standard InChI is InChI=1S/C22H29N5O4/c28-22(23-15-7-3-1-4-8-15)24-18-13-30-21-19(14-31-20(18)21)27-11-16(25-26-27)12-29-17-9-5-2-6-10-17/h2,5-6,9-11,15,18-21H,1,3-4,7-8,12-14H2,(H2,23,24,28)/t18-,19-,20+,21+/m0/s1. The van der Waals surface area contributed by atoms with Crippen LogP contribution in [0.25, 0.3) is 0 Å². The van der Waals surface area contributed by atoms with Gasteiger partial charge in [0.25, 0.3) is 0 Å². The molecule has 2 aromatic rings. The van der Waals surface area contributed by atoms with Crippen molar-refractivity contribution in [2.45, 2.75) is 69.0 Å². The molecule has 3 aliphatic rings. The van der Waals surface area contributed by atoms with E-state index in [1.165, 1.54) is 19.3 Å². The van der Waals surface area contributed by atoms with Gasteiger partial charge in [-0.05, 0) is 25.0 Å². The number of aromatic nitrogens is 3. The zero-order valence-electron chi connectivity index (χ0n) is 17.5. The lowest BCUT2D eigenvalue weighted by atomic mass is 9.96. The van der Waals surface area contributed by atoms with Gasteiger partial charge in [-0.2, -0.15) is 0 Å². The predicted molar refractivity (Wildman–Crippen MR) is 112 cm³/mol. The maximum absolute atomic E-state index is 12.4. The first-order chi connectivity index (χ1) is 15.3. The number of nitrogens with one attached hydrogen (secondary N) is 2. The zero-order valence-corrected chi connectivity index (χ0v) is 17.5. The first-order valence-corrected chi connectivity index (χ1v) is 11.1. The number of para-hydroxylation sites is 1. The lowest BCUT2D eigenvalue weighted by Crippen LogP contribution is -2.50. The summed E-state index contributed by atoms with van der Waals surface area (Å²) >= 11 is 0. The van der Waals surface area contributed by atoms with Gasteiger partial charge in [-0.3, -0.25) is 0 Å². The Bertz CT molecular complexity index is 870. The largest absolute Gasteiger partial charge is 0.487 e. The van der Waals surface area contributed by atoms with Crippen LogP contribution in [-0.4, -0.2) is 58.5 Å². The number of carbonyl (C=O) groups is 1. The topological polar surface area (TPSA) is 99.5 Å². The van der Waals surface area contributed by atoms with E-state index in [9.17, 15) is 4.79 Å². The number of hydrogen-bond donors (Lipinski definition) is 2. The van der Waals surface area contributed by atoms with Gasteiger partial charge in [0.15, 0.2) is 0 Å². The summed E-state index contributed by atoms with van der Waals surface area (Å²) in [6.07, 6.45) is 7.27. The number of urea groups is 1. The van der Waals surface area contributed by atoms with E-state index in [0.717, 1.165) is 24.3 Å². The highest BCUT2D eigenvalue weighted by atomic mass is 16.6. The molecule has 9 nitrogen and oxygen atoms in total. The SMILES string of the molecule is O=C(NC1CCCCC1)N[C@H]1CO[C@H]2[C@@H]1OC[C@@H]2n1cc(COc2ccccc2)nn1. The Morgan fingerprint density at radius 2 is 1.87 bits per heavy atom. The van der Waals surface area contributed by atoms with Gasteiger partial charge < -0.3 is 24.8 Å². The summed E-state index contributed by atoms with van der Waals surface area (Å²) in [5, 5.41) is 14.6. The molecule has 1 saturated carbocycles. The van der Waals surface area contributed by atoms with Crippen molar-refractivity contribution in [3.05, 3.63) is 42.2 Å². The van der Waals surface area contributed by atoms with Crippen molar-refractivity contribution < 1.29 is 19.0 Å². The molecule has 0 spiro atoms. The van der Waals surface area contributed by atoms with Crippen LogP contribution in [0.2, 0.25) is 0 Å². The highest BCUT2D eigenvalue weighted by Gasteiger charge is 2.49. The van der Waals surface area contributed by atoms with Crippen LogP contribution in [0.4, 0.5) is 4.79 Å². The molecule has 31 heavy (non-hydrogen) atoms. The molecule has 0 unspecified atom stereocenters. The summed E-state index contributed by atoms with van der Waals surface area (Å²) in [4.78, 5) is 12.4. The van der Waals surface area contributed by atoms with Crippen molar-refractivity contribution in [2.24, 2.45) is 0 Å². The van der Waals surface area contributed by atoms with E-state index in [-0.39, 0.29) is 36.4 Å². The molecule has 1 aromatic carbocycles. The first-order valence-electron chi connectivity index (χ1n) is 11.1. The number of amides is 2. The van der Waals surface area contributed by atoms with Crippen LogP contribution >= 0.6 is 0 Å². The number of ether oxygens (including phenoxy) is 3. The molecular formula is C22H29N5O4. The molecule has 166 valence electrons. The number of fused-ring (bicyclic) bond motifs is 1. The van der Waals surface area contributed by atoms with Gasteiger partial charge in [0.2, 0.25) is 0 Å². The molecule has 2 amide bonds. The van der Waals surface area contributed by atoms with Crippen LogP contribution in [0.15, 0.2) is 36.5 Å². The fourth-order valence-electron chi connectivity index (χ4n) is 4.69. The Morgan fingerprint density at radius 1 is 1.06 bits per heavy atom. The van der Waals surface area contributed by atoms with Crippen molar-refractivity contribution in [1.29, 1.82) is 0 Å². The lowest BCUT2D eigenvalue weighted by Gasteiger charge is -2.24. The molecule has 1 aromatic heterocycles. The fourth-order valence-corrected chi connectivity index (χ4v) is 4.69. The van der Waals surface area contributed by atoms with Gasteiger partial charge in [0.1, 0.15) is 36.3 Å². The van der Waals surface area contributed by atoms with Crippen LogP contribution in [0.5, 0.6) is 5.75 Å². The maximum atomic E-state index is 12.4. The predicted octanol–water partition coefficient (Wildman–Crippen LogP) is 2.20. The second-order valence-corrected chi connectivity index (χ2v) is 8.51. The average molecular weight is 428 g/mol. The van der Waals surface area contributed by atoms with Crippen LogP contribution < -0.4 is 15.4 Å². The summed E-state index contributed by atoms with van der Waals surface area (Å²) in [6, 6.07) is 9.53. The number of hydrogen-bond acceptors (Lipinski definition) is 6. The average Bonchev–Trinajstić information content (AvgIpc) is 3.51. The Kier molecular flexibility index (Phi) is 6.04. The minimum absolute atomic E-state index is 0.0730. The monoisotopic (exact) mass is 427 g/mol. The number of nitrogens with zero attached hydrogens (tertiary/aromatic N) is 3. The van der Waals surface area contributed by atoms with Gasteiger partial charge >= 0.3 is 6.03 Å². The van der Waals surface area contributed by atoms with Gasteiger partial charge in [-0.1, -0.05) is 42.7 Å². The Balaban J connectivity index is 1.14. The van der Waals surface area contributed by atoms with Crippen molar-refractivity contribution in [3.63, 3.8) is 0 Å². The van der Waals surface area contributed by atoms with E-state index in [0.29, 0.717) is 19.8 Å². The second kappa shape index (κ2) is 9.23. The minimum atomic E-state index is -0.185. The molecule has 0 radical (unpaired) electrons. The maximum Gasteiger partial charge on any atom is 0.315 e. The fraction of sp³-hybridized carbons (Fsp3) is 0.591. The second-order valence-electron chi connectivity index (χ2n) is 8.51. The number of carbonyl (C=O) groups excluding carboxylic acids is 1. The third-order valence-corrected chi connectivity index (χ3v) is 6.31. The van der Waals surface area contributed by atoms with Gasteiger partial charge in [0.05, 0.1) is 25.5 Å². The van der Waals surface area contributed by atoms with Crippen molar-refractivity contribution in [2.75, 3.05) is 13.2 Å². The quantitative estimate of drug-likeness (QED) is 0.733. The van der Waals surface area contributed by atoms with Gasteiger partial charge in [0, 0.05) is 6.04 Å². The molecule has 3 heterocycles. The molecule has 2 saturated heterocycles. The lowest BCUT2D eigenvalue weighted by molar-refractivity contribution is 0.0622. The molecule has 2 aliphatic heterocycles. The zero-order chi connectivity index (χ0) is 21.0. The highest BCUT2D eigenvalue weighted by molar-refractivity contribution is 5.74.